The zero-order valence-electron chi connectivity index (χ0n) is 11.6. The number of nitrogens with zero attached hydrogens (tertiary/aromatic N) is 1. The normalized spacial score (nSPS) is 18.4. The Morgan fingerprint density at radius 1 is 1.40 bits per heavy atom. The highest BCUT2D eigenvalue weighted by Crippen LogP contribution is 2.25. The highest BCUT2D eigenvalue weighted by atomic mass is 16.3. The van der Waals surface area contributed by atoms with Crippen LogP contribution in [0, 0.1) is 12.8 Å². The van der Waals surface area contributed by atoms with Crippen molar-refractivity contribution >= 4 is 17.5 Å². The van der Waals surface area contributed by atoms with Gasteiger partial charge in [0.2, 0.25) is 11.8 Å². The van der Waals surface area contributed by atoms with E-state index in [2.05, 4.69) is 5.32 Å². The summed E-state index contributed by atoms with van der Waals surface area (Å²) in [4.78, 5) is 25.6. The number of rotatable bonds is 5. The van der Waals surface area contributed by atoms with E-state index < -0.39 is 0 Å². The molecule has 2 N–H and O–H groups in total. The highest BCUT2D eigenvalue weighted by molar-refractivity contribution is 6.00. The van der Waals surface area contributed by atoms with Crippen molar-refractivity contribution in [1.29, 1.82) is 0 Å². The fraction of sp³-hybridized carbons (Fsp3) is 0.467. The second-order valence-corrected chi connectivity index (χ2v) is 5.11. The Hall–Kier alpha value is -1.88. The van der Waals surface area contributed by atoms with Crippen molar-refractivity contribution in [1.82, 2.24) is 5.32 Å². The van der Waals surface area contributed by atoms with Gasteiger partial charge in [0.1, 0.15) is 0 Å². The quantitative estimate of drug-likeness (QED) is 0.783. The number of hydrogen-bond acceptors (Lipinski definition) is 3. The molecule has 2 rings (SSSR count). The molecule has 1 atom stereocenters. The molecule has 5 nitrogen and oxygen atoms in total. The van der Waals surface area contributed by atoms with Crippen LogP contribution in [0.2, 0.25) is 0 Å². The van der Waals surface area contributed by atoms with Crippen molar-refractivity contribution in [3.63, 3.8) is 0 Å². The van der Waals surface area contributed by atoms with Crippen LogP contribution in [0.5, 0.6) is 0 Å². The molecule has 0 bridgehead atoms. The molecule has 0 aromatic heterocycles. The van der Waals surface area contributed by atoms with Gasteiger partial charge in [0.25, 0.3) is 0 Å². The molecule has 1 heterocycles. The molecule has 0 saturated carbocycles. The van der Waals surface area contributed by atoms with Gasteiger partial charge in [0.15, 0.2) is 0 Å². The monoisotopic (exact) mass is 276 g/mol. The van der Waals surface area contributed by atoms with Gasteiger partial charge in [-0.25, -0.2) is 0 Å². The number of carbonyl (C=O) groups is 2. The lowest BCUT2D eigenvalue weighted by Gasteiger charge is -2.16. The minimum atomic E-state index is -0.303. The van der Waals surface area contributed by atoms with Crippen LogP contribution in [0.15, 0.2) is 24.3 Å². The number of aliphatic hydroxyl groups is 1. The van der Waals surface area contributed by atoms with Crippen LogP contribution in [0.25, 0.3) is 0 Å². The third-order valence-corrected chi connectivity index (χ3v) is 3.48. The van der Waals surface area contributed by atoms with Crippen LogP contribution in [0.1, 0.15) is 18.4 Å². The van der Waals surface area contributed by atoms with Crippen molar-refractivity contribution in [2.75, 3.05) is 24.6 Å². The maximum absolute atomic E-state index is 12.0. The number of benzene rings is 1. The molecule has 2 amide bonds. The van der Waals surface area contributed by atoms with Crippen LogP contribution >= 0.6 is 0 Å². The maximum Gasteiger partial charge on any atom is 0.227 e. The van der Waals surface area contributed by atoms with Gasteiger partial charge < -0.3 is 15.3 Å². The largest absolute Gasteiger partial charge is 0.396 e. The molecule has 0 spiro atoms. The van der Waals surface area contributed by atoms with E-state index in [9.17, 15) is 9.59 Å². The van der Waals surface area contributed by atoms with E-state index in [0.717, 1.165) is 11.3 Å². The molecule has 1 aromatic rings. The molecule has 108 valence electrons. The van der Waals surface area contributed by atoms with E-state index >= 15 is 0 Å². The lowest BCUT2D eigenvalue weighted by Crippen LogP contribution is -2.33. The summed E-state index contributed by atoms with van der Waals surface area (Å²) in [6.45, 7) is 2.92. The number of anilines is 1. The molecular formula is C15H20N2O3. The molecule has 20 heavy (non-hydrogen) atoms. The smallest absolute Gasteiger partial charge is 0.227 e. The summed E-state index contributed by atoms with van der Waals surface area (Å²) in [6, 6.07) is 7.72. The Morgan fingerprint density at radius 3 is 2.75 bits per heavy atom. The maximum atomic E-state index is 12.0. The SMILES string of the molecule is Cc1ccc(N2CC(C(=O)NCCCO)CC2=O)cc1. The van der Waals surface area contributed by atoms with Crippen molar-refractivity contribution in [3.05, 3.63) is 29.8 Å². The number of aliphatic hydroxyl groups excluding tert-OH is 1. The first-order chi connectivity index (χ1) is 9.61. The third-order valence-electron chi connectivity index (χ3n) is 3.48. The number of aryl methyl sites for hydroxylation is 1. The Labute approximate surface area is 118 Å². The molecule has 1 fully saturated rings. The Kier molecular flexibility index (Phi) is 4.74. The van der Waals surface area contributed by atoms with Gasteiger partial charge in [0.05, 0.1) is 5.92 Å². The topological polar surface area (TPSA) is 69.6 Å². The first-order valence-electron chi connectivity index (χ1n) is 6.87. The summed E-state index contributed by atoms with van der Waals surface area (Å²) in [6.07, 6.45) is 0.785. The van der Waals surface area contributed by atoms with E-state index in [1.54, 1.807) is 4.90 Å². The second kappa shape index (κ2) is 6.52. The van der Waals surface area contributed by atoms with E-state index in [-0.39, 0.29) is 30.8 Å². The lowest BCUT2D eigenvalue weighted by atomic mass is 10.1. The molecular weight excluding hydrogens is 256 g/mol. The van der Waals surface area contributed by atoms with Crippen molar-refractivity contribution in [3.8, 4) is 0 Å². The van der Waals surface area contributed by atoms with Gasteiger partial charge in [-0.05, 0) is 25.5 Å². The van der Waals surface area contributed by atoms with E-state index in [1.165, 1.54) is 0 Å². The molecule has 1 aliphatic heterocycles. The Morgan fingerprint density at radius 2 is 2.10 bits per heavy atom. The third kappa shape index (κ3) is 3.36. The summed E-state index contributed by atoms with van der Waals surface area (Å²) in [5.41, 5.74) is 1.98. The average molecular weight is 276 g/mol. The number of hydrogen-bond donors (Lipinski definition) is 2. The van der Waals surface area contributed by atoms with Crippen molar-refractivity contribution in [2.24, 2.45) is 5.92 Å². The minimum absolute atomic E-state index is 0.0174. The van der Waals surface area contributed by atoms with Crippen molar-refractivity contribution in [2.45, 2.75) is 19.8 Å². The molecule has 0 aliphatic carbocycles. The summed E-state index contributed by atoms with van der Waals surface area (Å²) in [7, 11) is 0. The fourth-order valence-corrected chi connectivity index (χ4v) is 2.29. The first-order valence-corrected chi connectivity index (χ1v) is 6.87. The molecule has 1 aliphatic rings. The summed E-state index contributed by atoms with van der Waals surface area (Å²) >= 11 is 0. The summed E-state index contributed by atoms with van der Waals surface area (Å²) in [5, 5.41) is 11.4. The molecule has 0 radical (unpaired) electrons. The van der Waals surface area contributed by atoms with Crippen LogP contribution < -0.4 is 10.2 Å². The predicted octanol–water partition coefficient (Wildman–Crippen LogP) is 0.847. The van der Waals surface area contributed by atoms with Gasteiger partial charge in [-0.15, -0.1) is 0 Å². The van der Waals surface area contributed by atoms with E-state index in [1.807, 2.05) is 31.2 Å². The zero-order valence-corrected chi connectivity index (χ0v) is 11.6. The first kappa shape index (κ1) is 14.5. The minimum Gasteiger partial charge on any atom is -0.396 e. The Bertz CT molecular complexity index is 484. The standard InChI is InChI=1S/C15H20N2O3/c1-11-3-5-13(6-4-11)17-10-12(9-14(17)19)15(20)16-7-2-8-18/h3-6,12,18H,2,7-10H2,1H3,(H,16,20). The molecule has 1 unspecified atom stereocenters. The van der Waals surface area contributed by atoms with Crippen LogP contribution in [0.3, 0.4) is 0 Å². The molecule has 1 saturated heterocycles. The predicted molar refractivity (Wildman–Crippen MR) is 76.4 cm³/mol. The lowest BCUT2D eigenvalue weighted by molar-refractivity contribution is -0.126. The average Bonchev–Trinajstić information content (AvgIpc) is 2.82. The molecule has 5 heteroatoms. The fourth-order valence-electron chi connectivity index (χ4n) is 2.29. The van der Waals surface area contributed by atoms with Crippen LogP contribution in [0.4, 0.5) is 5.69 Å². The van der Waals surface area contributed by atoms with Gasteiger partial charge in [-0.1, -0.05) is 17.7 Å². The molecule has 1 aromatic carbocycles. The van der Waals surface area contributed by atoms with Gasteiger partial charge in [-0.3, -0.25) is 9.59 Å². The van der Waals surface area contributed by atoms with Crippen LogP contribution in [-0.2, 0) is 9.59 Å². The van der Waals surface area contributed by atoms with E-state index in [4.69, 9.17) is 5.11 Å². The van der Waals surface area contributed by atoms with Crippen LogP contribution in [-0.4, -0.2) is 36.6 Å². The second-order valence-electron chi connectivity index (χ2n) is 5.11. The zero-order chi connectivity index (χ0) is 14.5. The summed E-state index contributed by atoms with van der Waals surface area (Å²) < 4.78 is 0. The van der Waals surface area contributed by atoms with E-state index in [0.29, 0.717) is 19.5 Å². The number of nitrogens with one attached hydrogen (secondary N) is 1. The van der Waals surface area contributed by atoms with Gasteiger partial charge >= 0.3 is 0 Å². The highest BCUT2D eigenvalue weighted by Gasteiger charge is 2.34. The van der Waals surface area contributed by atoms with Gasteiger partial charge in [-0.2, -0.15) is 0 Å². The van der Waals surface area contributed by atoms with Crippen molar-refractivity contribution < 1.29 is 14.7 Å². The Balaban J connectivity index is 1.96. The number of amides is 2. The number of carbonyl (C=O) groups excluding carboxylic acids is 2. The summed E-state index contributed by atoms with van der Waals surface area (Å²) in [5.74, 6) is -0.430. The van der Waals surface area contributed by atoms with Gasteiger partial charge in [0, 0.05) is 31.8 Å².